The second-order valence-corrected chi connectivity index (χ2v) is 5.96. The molecular formula is C17H18N6O. The molecule has 1 atom stereocenters. The minimum absolute atomic E-state index is 0.0147. The van der Waals surface area contributed by atoms with Crippen LogP contribution in [-0.2, 0) is 7.05 Å². The van der Waals surface area contributed by atoms with E-state index in [9.17, 15) is 4.79 Å². The number of rotatable bonds is 3. The Kier molecular flexibility index (Phi) is 3.60. The van der Waals surface area contributed by atoms with Crippen LogP contribution < -0.4 is 0 Å². The maximum absolute atomic E-state index is 12.9. The zero-order valence-corrected chi connectivity index (χ0v) is 13.4. The van der Waals surface area contributed by atoms with Crippen LogP contribution in [0, 0.1) is 0 Å². The first-order chi connectivity index (χ1) is 11.7. The highest BCUT2D eigenvalue weighted by Crippen LogP contribution is 2.32. The maximum atomic E-state index is 12.9. The number of carbonyl (C=O) groups excluding carboxylic acids is 1. The molecule has 7 heteroatoms. The summed E-state index contributed by atoms with van der Waals surface area (Å²) in [5.74, 6) is 0.711. The van der Waals surface area contributed by atoms with Crippen LogP contribution in [0.5, 0.6) is 0 Å². The molecule has 0 bridgehead atoms. The molecule has 0 radical (unpaired) electrons. The van der Waals surface area contributed by atoms with E-state index in [1.807, 2.05) is 48.7 Å². The van der Waals surface area contributed by atoms with Gasteiger partial charge in [0, 0.05) is 43.9 Å². The molecule has 4 rings (SSSR count). The molecule has 3 aromatic rings. The Hall–Kier alpha value is -2.96. The quantitative estimate of drug-likeness (QED) is 0.739. The predicted molar refractivity (Wildman–Crippen MR) is 87.6 cm³/mol. The van der Waals surface area contributed by atoms with E-state index in [0.717, 1.165) is 24.9 Å². The third kappa shape index (κ3) is 2.58. The van der Waals surface area contributed by atoms with Crippen LogP contribution in [0.3, 0.4) is 0 Å². The van der Waals surface area contributed by atoms with Crippen molar-refractivity contribution in [3.63, 3.8) is 0 Å². The number of pyridine rings is 1. The van der Waals surface area contributed by atoms with Gasteiger partial charge < -0.3 is 4.90 Å². The van der Waals surface area contributed by atoms with Crippen LogP contribution in [0.15, 0.2) is 49.2 Å². The van der Waals surface area contributed by atoms with Gasteiger partial charge >= 0.3 is 0 Å². The molecule has 0 aromatic carbocycles. The lowest BCUT2D eigenvalue weighted by Crippen LogP contribution is -2.30. The van der Waals surface area contributed by atoms with Gasteiger partial charge in [0.2, 0.25) is 0 Å². The Balaban J connectivity index is 1.56. The molecule has 0 saturated carbocycles. The van der Waals surface area contributed by atoms with E-state index in [0.29, 0.717) is 11.4 Å². The molecule has 0 spiro atoms. The van der Waals surface area contributed by atoms with Gasteiger partial charge in [0.05, 0.1) is 17.8 Å². The van der Waals surface area contributed by atoms with Gasteiger partial charge in [-0.15, -0.1) is 0 Å². The Morgan fingerprint density at radius 2 is 2.17 bits per heavy atom. The van der Waals surface area contributed by atoms with Gasteiger partial charge in [-0.25, -0.2) is 9.67 Å². The van der Waals surface area contributed by atoms with Gasteiger partial charge in [0.25, 0.3) is 5.91 Å². The second kappa shape index (κ2) is 5.92. The zero-order chi connectivity index (χ0) is 16.5. The van der Waals surface area contributed by atoms with E-state index < -0.39 is 0 Å². The molecule has 1 saturated heterocycles. The third-order valence-electron chi connectivity index (χ3n) is 4.36. The lowest BCUT2D eigenvalue weighted by atomic mass is 10.1. The molecule has 1 aliphatic heterocycles. The monoisotopic (exact) mass is 322 g/mol. The van der Waals surface area contributed by atoms with Gasteiger partial charge in [0.15, 0.2) is 5.82 Å². The Morgan fingerprint density at radius 3 is 2.83 bits per heavy atom. The summed E-state index contributed by atoms with van der Waals surface area (Å²) in [6.45, 7) is 0.763. The van der Waals surface area contributed by atoms with E-state index in [2.05, 4.69) is 15.2 Å². The molecule has 3 aromatic heterocycles. The van der Waals surface area contributed by atoms with Gasteiger partial charge in [-0.05, 0) is 31.0 Å². The van der Waals surface area contributed by atoms with E-state index >= 15 is 0 Å². The Morgan fingerprint density at radius 1 is 1.25 bits per heavy atom. The topological polar surface area (TPSA) is 68.8 Å². The minimum atomic E-state index is 0.0147. The van der Waals surface area contributed by atoms with Crippen molar-refractivity contribution in [2.75, 3.05) is 6.54 Å². The molecule has 7 nitrogen and oxygen atoms in total. The smallest absolute Gasteiger partial charge is 0.255 e. The molecule has 24 heavy (non-hydrogen) atoms. The molecule has 122 valence electrons. The Bertz CT molecular complexity index is 836. The lowest BCUT2D eigenvalue weighted by molar-refractivity contribution is 0.0735. The van der Waals surface area contributed by atoms with Crippen LogP contribution >= 0.6 is 0 Å². The summed E-state index contributed by atoms with van der Waals surface area (Å²) in [4.78, 5) is 19.1. The van der Waals surface area contributed by atoms with Crippen LogP contribution in [0.2, 0.25) is 0 Å². The molecule has 1 amide bonds. The SMILES string of the molecule is Cn1cc(C2CCCN2C(=O)c2ccc(-n3cccn3)nc2)cn1. The van der Waals surface area contributed by atoms with Crippen LogP contribution in [0.4, 0.5) is 0 Å². The van der Waals surface area contributed by atoms with Crippen molar-refractivity contribution in [1.29, 1.82) is 0 Å². The van der Waals surface area contributed by atoms with Crippen molar-refractivity contribution in [2.45, 2.75) is 18.9 Å². The lowest BCUT2D eigenvalue weighted by Gasteiger charge is -2.23. The minimum Gasteiger partial charge on any atom is -0.331 e. The fourth-order valence-electron chi connectivity index (χ4n) is 3.19. The molecule has 1 fully saturated rings. The van der Waals surface area contributed by atoms with Crippen LogP contribution in [0.25, 0.3) is 5.82 Å². The highest BCUT2D eigenvalue weighted by molar-refractivity contribution is 5.94. The molecule has 0 N–H and O–H groups in total. The first-order valence-corrected chi connectivity index (χ1v) is 7.98. The van der Waals surface area contributed by atoms with E-state index in [4.69, 9.17) is 0 Å². The average Bonchev–Trinajstić information content (AvgIpc) is 3.35. The first kappa shape index (κ1) is 14.6. The predicted octanol–water partition coefficient (Wildman–Crippen LogP) is 1.98. The summed E-state index contributed by atoms with van der Waals surface area (Å²) in [5.41, 5.74) is 1.69. The van der Waals surface area contributed by atoms with Crippen molar-refractivity contribution >= 4 is 5.91 Å². The number of amides is 1. The number of hydrogen-bond acceptors (Lipinski definition) is 4. The zero-order valence-electron chi connectivity index (χ0n) is 13.4. The van der Waals surface area contributed by atoms with Gasteiger partial charge in [-0.2, -0.15) is 10.2 Å². The standard InChI is InChI=1S/C17H18N6O/c1-21-12-14(11-20-21)15-4-2-8-22(15)17(24)13-5-6-16(18-10-13)23-9-3-7-19-23/h3,5-7,9-12,15H,2,4,8H2,1H3. The summed E-state index contributed by atoms with van der Waals surface area (Å²) in [5, 5.41) is 8.37. The summed E-state index contributed by atoms with van der Waals surface area (Å²) >= 11 is 0. The molecule has 0 aliphatic carbocycles. The molecule has 1 aliphatic rings. The van der Waals surface area contributed by atoms with Gasteiger partial charge in [-0.3, -0.25) is 9.48 Å². The largest absolute Gasteiger partial charge is 0.331 e. The first-order valence-electron chi connectivity index (χ1n) is 7.98. The van der Waals surface area contributed by atoms with Crippen molar-refractivity contribution in [1.82, 2.24) is 29.4 Å². The van der Waals surface area contributed by atoms with Crippen LogP contribution in [-0.4, -0.2) is 41.9 Å². The summed E-state index contributed by atoms with van der Waals surface area (Å²) < 4.78 is 3.44. The summed E-state index contributed by atoms with van der Waals surface area (Å²) in [6.07, 6.45) is 10.9. The third-order valence-corrected chi connectivity index (χ3v) is 4.36. The highest BCUT2D eigenvalue weighted by Gasteiger charge is 2.31. The van der Waals surface area contributed by atoms with E-state index in [-0.39, 0.29) is 11.9 Å². The van der Waals surface area contributed by atoms with Gasteiger partial charge in [-0.1, -0.05) is 0 Å². The van der Waals surface area contributed by atoms with Crippen molar-refractivity contribution in [3.05, 3.63) is 60.3 Å². The fraction of sp³-hybridized carbons (Fsp3) is 0.294. The van der Waals surface area contributed by atoms with Gasteiger partial charge in [0.1, 0.15) is 0 Å². The molecular weight excluding hydrogens is 304 g/mol. The second-order valence-electron chi connectivity index (χ2n) is 5.96. The molecule has 4 heterocycles. The van der Waals surface area contributed by atoms with Crippen LogP contribution in [0.1, 0.15) is 34.8 Å². The van der Waals surface area contributed by atoms with E-state index in [1.54, 1.807) is 21.8 Å². The summed E-state index contributed by atoms with van der Waals surface area (Å²) in [7, 11) is 1.89. The fourth-order valence-corrected chi connectivity index (χ4v) is 3.19. The van der Waals surface area contributed by atoms with Crippen molar-refractivity contribution < 1.29 is 4.79 Å². The van der Waals surface area contributed by atoms with Crippen molar-refractivity contribution in [2.24, 2.45) is 7.05 Å². The number of aryl methyl sites for hydroxylation is 1. The number of aromatic nitrogens is 5. The molecule has 1 unspecified atom stereocenters. The van der Waals surface area contributed by atoms with E-state index in [1.165, 1.54) is 0 Å². The number of hydrogen-bond donors (Lipinski definition) is 0. The summed E-state index contributed by atoms with van der Waals surface area (Å²) in [6, 6.07) is 5.56. The number of likely N-dealkylation sites (tertiary alicyclic amines) is 1. The Labute approximate surface area is 139 Å². The normalized spacial score (nSPS) is 17.4. The number of carbonyl (C=O) groups is 1. The highest BCUT2D eigenvalue weighted by atomic mass is 16.2. The number of nitrogens with zero attached hydrogens (tertiary/aromatic N) is 6. The van der Waals surface area contributed by atoms with Crippen molar-refractivity contribution in [3.8, 4) is 5.82 Å². The average molecular weight is 322 g/mol. The maximum Gasteiger partial charge on any atom is 0.255 e.